The number of hydrogen-bond donors (Lipinski definition) is 2. The van der Waals surface area contributed by atoms with E-state index in [0.29, 0.717) is 13.0 Å². The van der Waals surface area contributed by atoms with Crippen LogP contribution in [-0.4, -0.2) is 25.5 Å². The van der Waals surface area contributed by atoms with Crippen molar-refractivity contribution < 1.29 is 18.0 Å². The van der Waals surface area contributed by atoms with Gasteiger partial charge in [-0.3, -0.25) is 4.79 Å². The van der Waals surface area contributed by atoms with Crippen LogP contribution in [0.2, 0.25) is 0 Å². The van der Waals surface area contributed by atoms with Gasteiger partial charge in [0.25, 0.3) is 0 Å². The van der Waals surface area contributed by atoms with E-state index in [9.17, 15) is 18.0 Å². The Labute approximate surface area is 115 Å². The number of likely N-dealkylation sites (N-methyl/N-ethyl adjacent to an activating group) is 1. The molecule has 0 aromatic heterocycles. The number of nitrogens with one attached hydrogen (secondary N) is 2. The largest absolute Gasteiger partial charge is 0.416 e. The van der Waals surface area contributed by atoms with Crippen LogP contribution in [-0.2, 0) is 11.0 Å². The number of hydrogen-bond acceptors (Lipinski definition) is 2. The molecule has 1 amide bonds. The van der Waals surface area contributed by atoms with Gasteiger partial charge in [0.2, 0.25) is 5.91 Å². The summed E-state index contributed by atoms with van der Waals surface area (Å²) >= 11 is 0. The average Bonchev–Trinajstić information content (AvgIpc) is 2.46. The van der Waals surface area contributed by atoms with Gasteiger partial charge in [0.1, 0.15) is 0 Å². The summed E-state index contributed by atoms with van der Waals surface area (Å²) in [5, 5.41) is 5.72. The van der Waals surface area contributed by atoms with Crippen LogP contribution in [0.1, 0.15) is 29.9 Å². The molecule has 110 valence electrons. The van der Waals surface area contributed by atoms with Gasteiger partial charge >= 0.3 is 6.18 Å². The van der Waals surface area contributed by atoms with Crippen molar-refractivity contribution in [3.05, 3.63) is 35.4 Å². The van der Waals surface area contributed by atoms with Crippen molar-refractivity contribution in [1.29, 1.82) is 0 Å². The molecule has 2 unspecified atom stereocenters. The highest BCUT2D eigenvalue weighted by atomic mass is 19.4. The maximum absolute atomic E-state index is 12.5. The molecular formula is C14H17F3N2O. The Morgan fingerprint density at radius 2 is 1.90 bits per heavy atom. The number of rotatable bonds is 2. The van der Waals surface area contributed by atoms with E-state index in [-0.39, 0.29) is 17.9 Å². The minimum Gasteiger partial charge on any atom is -0.358 e. The van der Waals surface area contributed by atoms with E-state index in [4.69, 9.17) is 0 Å². The lowest BCUT2D eigenvalue weighted by molar-refractivity contribution is -0.137. The van der Waals surface area contributed by atoms with Gasteiger partial charge < -0.3 is 10.6 Å². The first-order valence-electron chi connectivity index (χ1n) is 6.54. The number of halogens is 3. The Balaban J connectivity index is 1.99. The zero-order valence-electron chi connectivity index (χ0n) is 11.1. The van der Waals surface area contributed by atoms with Gasteiger partial charge in [-0.1, -0.05) is 12.1 Å². The summed E-state index contributed by atoms with van der Waals surface area (Å²) in [7, 11) is 1.59. The molecular weight excluding hydrogens is 269 g/mol. The van der Waals surface area contributed by atoms with Crippen LogP contribution < -0.4 is 10.6 Å². The zero-order valence-corrected chi connectivity index (χ0v) is 11.1. The van der Waals surface area contributed by atoms with Crippen LogP contribution in [0.4, 0.5) is 13.2 Å². The maximum atomic E-state index is 12.5. The standard InChI is InChI=1S/C14H17F3N2O/c1-18-13(20)12-7-4-10(8-19-12)9-2-5-11(6-3-9)14(15,16)17/h2-3,5-6,10,12,19H,4,7-8H2,1H3,(H,18,20). The van der Waals surface area contributed by atoms with Gasteiger partial charge in [-0.2, -0.15) is 13.2 Å². The highest BCUT2D eigenvalue weighted by Gasteiger charge is 2.31. The number of alkyl halides is 3. The Kier molecular flexibility index (Phi) is 4.32. The summed E-state index contributed by atoms with van der Waals surface area (Å²) in [4.78, 5) is 11.5. The lowest BCUT2D eigenvalue weighted by Crippen LogP contribution is -2.47. The molecule has 1 aliphatic heterocycles. The molecule has 1 heterocycles. The molecule has 2 atom stereocenters. The first kappa shape index (κ1) is 14.8. The molecule has 1 fully saturated rings. The van der Waals surface area contributed by atoms with Crippen molar-refractivity contribution in [2.75, 3.05) is 13.6 Å². The van der Waals surface area contributed by atoms with Gasteiger partial charge in [0.05, 0.1) is 11.6 Å². The average molecular weight is 286 g/mol. The van der Waals surface area contributed by atoms with Crippen molar-refractivity contribution in [2.45, 2.75) is 31.0 Å². The van der Waals surface area contributed by atoms with Crippen molar-refractivity contribution in [1.82, 2.24) is 10.6 Å². The van der Waals surface area contributed by atoms with Crippen molar-refractivity contribution in [3.8, 4) is 0 Å². The van der Waals surface area contributed by atoms with Crippen LogP contribution >= 0.6 is 0 Å². The number of carbonyl (C=O) groups is 1. The fourth-order valence-electron chi connectivity index (χ4n) is 2.48. The smallest absolute Gasteiger partial charge is 0.358 e. The van der Waals surface area contributed by atoms with E-state index < -0.39 is 11.7 Å². The van der Waals surface area contributed by atoms with E-state index in [2.05, 4.69) is 10.6 Å². The lowest BCUT2D eigenvalue weighted by Gasteiger charge is -2.29. The first-order valence-corrected chi connectivity index (χ1v) is 6.54. The minimum absolute atomic E-state index is 0.0455. The molecule has 1 aromatic carbocycles. The van der Waals surface area contributed by atoms with Crippen molar-refractivity contribution in [3.63, 3.8) is 0 Å². The van der Waals surface area contributed by atoms with E-state index in [1.165, 1.54) is 12.1 Å². The number of amides is 1. The number of benzene rings is 1. The molecule has 1 aliphatic rings. The molecule has 6 heteroatoms. The van der Waals surface area contributed by atoms with Crippen LogP contribution in [0.3, 0.4) is 0 Å². The summed E-state index contributed by atoms with van der Waals surface area (Å²) in [5.41, 5.74) is 0.245. The predicted octanol–water partition coefficient (Wildman–Crippen LogP) is 2.29. The van der Waals surface area contributed by atoms with Gasteiger partial charge in [0, 0.05) is 13.6 Å². The summed E-state index contributed by atoms with van der Waals surface area (Å²) in [6.45, 7) is 0.601. The third-order valence-electron chi connectivity index (χ3n) is 3.69. The van der Waals surface area contributed by atoms with E-state index in [1.54, 1.807) is 7.05 Å². The van der Waals surface area contributed by atoms with E-state index in [1.807, 2.05) is 0 Å². The number of piperidine rings is 1. The molecule has 3 nitrogen and oxygen atoms in total. The number of carbonyl (C=O) groups excluding carboxylic acids is 1. The molecule has 20 heavy (non-hydrogen) atoms. The van der Waals surface area contributed by atoms with Gasteiger partial charge in [0.15, 0.2) is 0 Å². The highest BCUT2D eigenvalue weighted by Crippen LogP contribution is 2.31. The molecule has 0 aliphatic carbocycles. The Morgan fingerprint density at radius 3 is 2.35 bits per heavy atom. The van der Waals surface area contributed by atoms with Crippen LogP contribution in [0.15, 0.2) is 24.3 Å². The zero-order chi connectivity index (χ0) is 14.8. The normalized spacial score (nSPS) is 23.4. The quantitative estimate of drug-likeness (QED) is 0.876. The SMILES string of the molecule is CNC(=O)C1CCC(c2ccc(C(F)(F)F)cc2)CN1. The maximum Gasteiger partial charge on any atom is 0.416 e. The van der Waals surface area contributed by atoms with Crippen LogP contribution in [0.5, 0.6) is 0 Å². The second kappa shape index (κ2) is 5.83. The lowest BCUT2D eigenvalue weighted by atomic mass is 9.88. The van der Waals surface area contributed by atoms with Gasteiger partial charge in [-0.05, 0) is 36.5 Å². The summed E-state index contributed by atoms with van der Waals surface area (Å²) < 4.78 is 37.5. The predicted molar refractivity (Wildman–Crippen MR) is 69.3 cm³/mol. The third-order valence-corrected chi connectivity index (χ3v) is 3.69. The fraction of sp³-hybridized carbons (Fsp3) is 0.500. The minimum atomic E-state index is -4.30. The second-order valence-corrected chi connectivity index (χ2v) is 4.97. The van der Waals surface area contributed by atoms with E-state index >= 15 is 0 Å². The van der Waals surface area contributed by atoms with Gasteiger partial charge in [-0.15, -0.1) is 0 Å². The molecule has 1 saturated heterocycles. The molecule has 1 aromatic rings. The van der Waals surface area contributed by atoms with Crippen molar-refractivity contribution in [2.24, 2.45) is 0 Å². The Morgan fingerprint density at radius 1 is 1.25 bits per heavy atom. The molecule has 0 bridgehead atoms. The Hall–Kier alpha value is -1.56. The third kappa shape index (κ3) is 3.30. The summed E-state index contributed by atoms with van der Waals surface area (Å²) in [5.74, 6) is 0.106. The monoisotopic (exact) mass is 286 g/mol. The van der Waals surface area contributed by atoms with Gasteiger partial charge in [-0.25, -0.2) is 0 Å². The molecule has 2 N–H and O–H groups in total. The molecule has 2 rings (SSSR count). The summed E-state index contributed by atoms with van der Waals surface area (Å²) in [6.07, 6.45) is -2.82. The van der Waals surface area contributed by atoms with Crippen LogP contribution in [0.25, 0.3) is 0 Å². The van der Waals surface area contributed by atoms with E-state index in [0.717, 1.165) is 24.1 Å². The topological polar surface area (TPSA) is 41.1 Å². The first-order chi connectivity index (χ1) is 9.41. The van der Waals surface area contributed by atoms with Crippen molar-refractivity contribution >= 4 is 5.91 Å². The Bertz CT molecular complexity index is 462. The summed E-state index contributed by atoms with van der Waals surface area (Å²) in [6, 6.07) is 5.07. The highest BCUT2D eigenvalue weighted by molar-refractivity contribution is 5.81. The molecule has 0 saturated carbocycles. The fourth-order valence-corrected chi connectivity index (χ4v) is 2.48. The van der Waals surface area contributed by atoms with Crippen LogP contribution in [0, 0.1) is 0 Å². The molecule has 0 radical (unpaired) electrons. The molecule has 0 spiro atoms. The second-order valence-electron chi connectivity index (χ2n) is 4.97.